The molecule has 2 aromatic rings. The molecule has 2 rings (SSSR count). The minimum absolute atomic E-state index is 0.0978. The Morgan fingerprint density at radius 2 is 1.32 bits per heavy atom. The number of carboxylic acid groups (broad SMARTS) is 1. The minimum Gasteiger partial charge on any atom is -0.481 e. The second-order valence-electron chi connectivity index (χ2n) is 4.79. The Bertz CT molecular complexity index is 762. The highest BCUT2D eigenvalue weighted by atomic mass is 35.5. The summed E-state index contributed by atoms with van der Waals surface area (Å²) >= 11 is 22.9. The van der Waals surface area contributed by atoms with E-state index in [4.69, 9.17) is 51.5 Å². The van der Waals surface area contributed by atoms with Crippen molar-refractivity contribution in [2.45, 2.75) is 12.8 Å². The molecule has 134 valence electrons. The Labute approximate surface area is 165 Å². The van der Waals surface area contributed by atoms with Gasteiger partial charge in [-0.15, -0.1) is 0 Å². The average Bonchev–Trinajstić information content (AvgIpc) is 2.54. The van der Waals surface area contributed by atoms with Crippen LogP contribution in [0, 0.1) is 0 Å². The molecule has 0 unspecified atom stereocenters. The predicted octanol–water partition coefficient (Wildman–Crippen LogP) is 5.33. The number of ether oxygens (including phenoxy) is 1. The molecule has 4 nitrogen and oxygen atoms in total. The monoisotopic (exact) mass is 422 g/mol. The van der Waals surface area contributed by atoms with Crippen molar-refractivity contribution in [2.75, 3.05) is 7.11 Å². The zero-order valence-electron chi connectivity index (χ0n) is 13.1. The molecule has 0 saturated carbocycles. The second-order valence-corrected chi connectivity index (χ2v) is 6.48. The normalized spacial score (nSPS) is 9.80. The van der Waals surface area contributed by atoms with Crippen LogP contribution in [0.25, 0.3) is 0 Å². The highest BCUT2D eigenvalue weighted by molar-refractivity contribution is 6.34. The first-order chi connectivity index (χ1) is 11.7. The number of aliphatic carboxylic acids is 1. The van der Waals surface area contributed by atoms with E-state index in [1.807, 2.05) is 0 Å². The fourth-order valence-corrected chi connectivity index (χ4v) is 2.51. The van der Waals surface area contributed by atoms with Crippen molar-refractivity contribution < 1.29 is 19.4 Å². The molecular weight excluding hydrogens is 410 g/mol. The van der Waals surface area contributed by atoms with E-state index in [0.29, 0.717) is 31.2 Å². The largest absolute Gasteiger partial charge is 0.481 e. The van der Waals surface area contributed by atoms with E-state index in [0.717, 1.165) is 0 Å². The lowest BCUT2D eigenvalue weighted by atomic mass is 10.1. The lowest BCUT2D eigenvalue weighted by Gasteiger charge is -2.02. The summed E-state index contributed by atoms with van der Waals surface area (Å²) in [5.74, 6) is -1.25. The van der Waals surface area contributed by atoms with Gasteiger partial charge in [0.25, 0.3) is 0 Å². The molecule has 0 heterocycles. The van der Waals surface area contributed by atoms with E-state index in [1.54, 1.807) is 36.4 Å². The lowest BCUT2D eigenvalue weighted by molar-refractivity contribution is -0.140. The van der Waals surface area contributed by atoms with Crippen LogP contribution in [0.3, 0.4) is 0 Å². The van der Waals surface area contributed by atoms with Crippen molar-refractivity contribution in [1.29, 1.82) is 0 Å². The van der Waals surface area contributed by atoms with E-state index >= 15 is 0 Å². The standard InChI is InChI=1S/C9H8Cl2O2.C8H6Cl2O2/c1-13-9(12)5-6-4-7(10)2-3-8(6)11;9-6-1-2-7(10)5(3-6)4-8(11)12/h2-4H,5H2,1H3;1-3H,4H2,(H,11,12). The molecule has 0 spiro atoms. The number of carboxylic acids is 1. The van der Waals surface area contributed by atoms with Crippen molar-refractivity contribution >= 4 is 58.3 Å². The molecule has 0 aliphatic rings. The molecule has 0 saturated heterocycles. The molecule has 0 aliphatic carbocycles. The SMILES string of the molecule is COC(=O)Cc1cc(Cl)ccc1Cl.O=C(O)Cc1cc(Cl)ccc1Cl. The third kappa shape index (κ3) is 7.97. The van der Waals surface area contributed by atoms with Crippen molar-refractivity contribution in [1.82, 2.24) is 0 Å². The topological polar surface area (TPSA) is 63.6 Å². The first-order valence-corrected chi connectivity index (χ1v) is 8.40. The highest BCUT2D eigenvalue weighted by Gasteiger charge is 2.07. The Balaban J connectivity index is 0.000000251. The molecule has 0 aromatic heterocycles. The lowest BCUT2D eigenvalue weighted by Crippen LogP contribution is -2.04. The maximum absolute atomic E-state index is 10.9. The molecule has 1 N–H and O–H groups in total. The number of halogens is 4. The Morgan fingerprint density at radius 1 is 0.880 bits per heavy atom. The van der Waals surface area contributed by atoms with E-state index in [-0.39, 0.29) is 18.8 Å². The first kappa shape index (κ1) is 21.6. The van der Waals surface area contributed by atoms with Crippen LogP contribution in [-0.4, -0.2) is 24.2 Å². The molecule has 0 amide bonds. The first-order valence-electron chi connectivity index (χ1n) is 6.89. The van der Waals surface area contributed by atoms with E-state index in [9.17, 15) is 9.59 Å². The summed E-state index contributed by atoms with van der Waals surface area (Å²) in [6.45, 7) is 0. The van der Waals surface area contributed by atoms with E-state index in [1.165, 1.54) is 7.11 Å². The molecule has 25 heavy (non-hydrogen) atoms. The van der Waals surface area contributed by atoms with Crippen LogP contribution >= 0.6 is 46.4 Å². The Hall–Kier alpha value is -1.46. The van der Waals surface area contributed by atoms with Gasteiger partial charge in [-0.25, -0.2) is 0 Å². The number of benzene rings is 2. The van der Waals surface area contributed by atoms with E-state index < -0.39 is 5.97 Å². The summed E-state index contributed by atoms with van der Waals surface area (Å²) in [6.07, 6.45) is 0.0509. The summed E-state index contributed by atoms with van der Waals surface area (Å²) < 4.78 is 4.51. The van der Waals surface area contributed by atoms with Crippen molar-refractivity contribution in [3.63, 3.8) is 0 Å². The second kappa shape index (κ2) is 10.5. The molecule has 0 aliphatic heterocycles. The molecule has 0 atom stereocenters. The quantitative estimate of drug-likeness (QED) is 0.675. The van der Waals surface area contributed by atoms with Gasteiger partial charge in [0.1, 0.15) is 0 Å². The highest BCUT2D eigenvalue weighted by Crippen LogP contribution is 2.21. The van der Waals surface area contributed by atoms with Crippen LogP contribution in [0.15, 0.2) is 36.4 Å². The van der Waals surface area contributed by atoms with Gasteiger partial charge in [-0.2, -0.15) is 0 Å². The molecule has 0 radical (unpaired) electrons. The summed E-state index contributed by atoms with van der Waals surface area (Å²) in [5, 5.41) is 10.5. The average molecular weight is 424 g/mol. The molecule has 2 aromatic carbocycles. The van der Waals surface area contributed by atoms with Gasteiger partial charge in [0.05, 0.1) is 20.0 Å². The van der Waals surface area contributed by atoms with Gasteiger partial charge in [0.15, 0.2) is 0 Å². The number of hydrogen-bond acceptors (Lipinski definition) is 3. The summed E-state index contributed by atoms with van der Waals surface area (Å²) in [4.78, 5) is 21.3. The van der Waals surface area contributed by atoms with Crippen LogP contribution < -0.4 is 0 Å². The van der Waals surface area contributed by atoms with Gasteiger partial charge in [-0.1, -0.05) is 46.4 Å². The van der Waals surface area contributed by atoms with Crippen molar-refractivity contribution in [3.8, 4) is 0 Å². The summed E-state index contributed by atoms with van der Waals surface area (Å²) in [6, 6.07) is 9.74. The fraction of sp³-hybridized carbons (Fsp3) is 0.176. The summed E-state index contributed by atoms with van der Waals surface area (Å²) in [7, 11) is 1.33. The number of carbonyl (C=O) groups excluding carboxylic acids is 1. The number of methoxy groups -OCH3 is 1. The predicted molar refractivity (Wildman–Crippen MR) is 100.0 cm³/mol. The maximum Gasteiger partial charge on any atom is 0.310 e. The number of rotatable bonds is 4. The number of hydrogen-bond donors (Lipinski definition) is 1. The molecule has 0 fully saturated rings. The van der Waals surface area contributed by atoms with E-state index in [2.05, 4.69) is 4.74 Å². The molecule has 0 bridgehead atoms. The van der Waals surface area contributed by atoms with Crippen LogP contribution in [0.5, 0.6) is 0 Å². The fourth-order valence-electron chi connectivity index (χ4n) is 1.75. The van der Waals surface area contributed by atoms with Crippen molar-refractivity contribution in [2.24, 2.45) is 0 Å². The van der Waals surface area contributed by atoms with Crippen molar-refractivity contribution in [3.05, 3.63) is 67.6 Å². The smallest absolute Gasteiger partial charge is 0.310 e. The number of esters is 1. The van der Waals surface area contributed by atoms with Gasteiger partial charge < -0.3 is 9.84 Å². The summed E-state index contributed by atoms with van der Waals surface area (Å²) in [5.41, 5.74) is 1.22. The minimum atomic E-state index is -0.917. The third-order valence-corrected chi connectivity index (χ3v) is 4.13. The Kier molecular flexibility index (Phi) is 9.08. The van der Waals surface area contributed by atoms with Crippen LogP contribution in [-0.2, 0) is 27.2 Å². The van der Waals surface area contributed by atoms with Crippen LogP contribution in [0.4, 0.5) is 0 Å². The van der Waals surface area contributed by atoms with Crippen LogP contribution in [0.2, 0.25) is 20.1 Å². The molecular formula is C17H14Cl4O4. The van der Waals surface area contributed by atoms with Gasteiger partial charge in [0.2, 0.25) is 0 Å². The van der Waals surface area contributed by atoms with Crippen LogP contribution in [0.1, 0.15) is 11.1 Å². The van der Waals surface area contributed by atoms with Gasteiger partial charge >= 0.3 is 11.9 Å². The number of carbonyl (C=O) groups is 2. The van der Waals surface area contributed by atoms with Gasteiger partial charge in [-0.3, -0.25) is 9.59 Å². The molecule has 8 heteroatoms. The van der Waals surface area contributed by atoms with Gasteiger partial charge in [-0.05, 0) is 47.5 Å². The zero-order valence-corrected chi connectivity index (χ0v) is 16.1. The van der Waals surface area contributed by atoms with Gasteiger partial charge in [0, 0.05) is 20.1 Å². The maximum atomic E-state index is 10.9. The zero-order chi connectivity index (χ0) is 19.0. The third-order valence-electron chi connectivity index (χ3n) is 2.92. The Morgan fingerprint density at radius 3 is 1.72 bits per heavy atom.